The van der Waals surface area contributed by atoms with E-state index in [0.29, 0.717) is 11.1 Å². The van der Waals surface area contributed by atoms with Crippen molar-refractivity contribution in [3.05, 3.63) is 65.5 Å². The first-order valence-electron chi connectivity index (χ1n) is 7.18. The highest BCUT2D eigenvalue weighted by molar-refractivity contribution is 7.90. The fourth-order valence-corrected chi connectivity index (χ4v) is 3.54. The van der Waals surface area contributed by atoms with E-state index in [2.05, 4.69) is 15.0 Å². The molecule has 1 aliphatic rings. The molecule has 0 fully saturated rings. The van der Waals surface area contributed by atoms with E-state index in [0.717, 1.165) is 0 Å². The summed E-state index contributed by atoms with van der Waals surface area (Å²) < 4.78 is 39.0. The molecule has 0 spiro atoms. The van der Waals surface area contributed by atoms with E-state index >= 15 is 0 Å². The van der Waals surface area contributed by atoms with E-state index in [4.69, 9.17) is 0 Å². The summed E-state index contributed by atoms with van der Waals surface area (Å²) >= 11 is 0. The van der Waals surface area contributed by atoms with Crippen LogP contribution in [0.3, 0.4) is 0 Å². The highest BCUT2D eigenvalue weighted by Crippen LogP contribution is 2.21. The van der Waals surface area contributed by atoms with Crippen LogP contribution in [0.15, 0.2) is 58.4 Å². The number of fused-ring (bicyclic) bond motifs is 1. The van der Waals surface area contributed by atoms with Gasteiger partial charge in [0.2, 0.25) is 0 Å². The van der Waals surface area contributed by atoms with E-state index in [1.165, 1.54) is 30.3 Å². The molecule has 0 radical (unpaired) electrons. The van der Waals surface area contributed by atoms with Gasteiger partial charge in [-0.05, 0) is 36.4 Å². The van der Waals surface area contributed by atoms with Crippen LogP contribution >= 0.6 is 0 Å². The number of rotatable bonds is 4. The van der Waals surface area contributed by atoms with Crippen molar-refractivity contribution >= 4 is 21.8 Å². The topological polar surface area (TPSA) is 87.6 Å². The van der Waals surface area contributed by atoms with Gasteiger partial charge in [-0.2, -0.15) is 0 Å². The normalized spacial score (nSPS) is 16.5. The Morgan fingerprint density at radius 3 is 2.58 bits per heavy atom. The number of halogens is 1. The first-order valence-corrected chi connectivity index (χ1v) is 8.66. The van der Waals surface area contributed by atoms with Crippen LogP contribution in [-0.2, 0) is 10.0 Å². The molecule has 124 valence electrons. The van der Waals surface area contributed by atoms with Gasteiger partial charge in [-0.15, -0.1) is 0 Å². The van der Waals surface area contributed by atoms with Gasteiger partial charge in [0.25, 0.3) is 15.9 Å². The van der Waals surface area contributed by atoms with Crippen molar-refractivity contribution in [3.63, 3.8) is 0 Å². The summed E-state index contributed by atoms with van der Waals surface area (Å²) in [4.78, 5) is 16.2. The SMILES string of the molecule is O=C(NCCN=C1NS(=O)(=O)c2ccccc21)c1ccc(F)cc1. The van der Waals surface area contributed by atoms with Gasteiger partial charge < -0.3 is 5.32 Å². The van der Waals surface area contributed by atoms with Gasteiger partial charge in [0, 0.05) is 17.7 Å². The van der Waals surface area contributed by atoms with Gasteiger partial charge in [-0.3, -0.25) is 14.5 Å². The Bertz CT molecular complexity index is 908. The van der Waals surface area contributed by atoms with E-state index in [9.17, 15) is 17.6 Å². The molecule has 0 saturated heterocycles. The number of amides is 1. The lowest BCUT2D eigenvalue weighted by Crippen LogP contribution is -2.27. The zero-order valence-corrected chi connectivity index (χ0v) is 13.3. The second-order valence-corrected chi connectivity index (χ2v) is 6.75. The minimum Gasteiger partial charge on any atom is -0.350 e. The zero-order chi connectivity index (χ0) is 17.2. The number of carbonyl (C=O) groups excluding carboxylic acids is 1. The average molecular weight is 347 g/mol. The first kappa shape index (κ1) is 16.1. The molecule has 2 N–H and O–H groups in total. The molecule has 0 aliphatic carbocycles. The van der Waals surface area contributed by atoms with Crippen LogP contribution in [0.5, 0.6) is 0 Å². The first-order chi connectivity index (χ1) is 11.5. The lowest BCUT2D eigenvalue weighted by Gasteiger charge is -2.04. The molecule has 0 bridgehead atoms. The molecule has 0 atom stereocenters. The molecule has 0 aromatic heterocycles. The minimum atomic E-state index is -3.56. The number of aliphatic imine (C=N–C) groups is 1. The quantitative estimate of drug-likeness (QED) is 0.817. The largest absolute Gasteiger partial charge is 0.350 e. The van der Waals surface area contributed by atoms with Crippen molar-refractivity contribution in [3.8, 4) is 0 Å². The molecule has 0 saturated carbocycles. The highest BCUT2D eigenvalue weighted by Gasteiger charge is 2.29. The van der Waals surface area contributed by atoms with Gasteiger partial charge in [-0.1, -0.05) is 12.1 Å². The zero-order valence-electron chi connectivity index (χ0n) is 12.5. The second kappa shape index (κ2) is 6.40. The lowest BCUT2D eigenvalue weighted by molar-refractivity contribution is 0.0954. The Morgan fingerprint density at radius 2 is 1.83 bits per heavy atom. The molecule has 1 heterocycles. The molecule has 24 heavy (non-hydrogen) atoms. The number of hydrogen-bond donors (Lipinski definition) is 2. The Hall–Kier alpha value is -2.74. The van der Waals surface area contributed by atoms with E-state index in [-0.39, 0.29) is 29.7 Å². The third kappa shape index (κ3) is 3.28. The number of nitrogens with zero attached hydrogens (tertiary/aromatic N) is 1. The van der Waals surface area contributed by atoms with Crippen molar-refractivity contribution in [2.75, 3.05) is 13.1 Å². The Balaban J connectivity index is 1.62. The molecule has 8 heteroatoms. The monoisotopic (exact) mass is 347 g/mol. The summed E-state index contributed by atoms with van der Waals surface area (Å²) in [6.45, 7) is 0.433. The summed E-state index contributed by atoms with van der Waals surface area (Å²) in [5.41, 5.74) is 0.860. The molecular weight excluding hydrogens is 333 g/mol. The van der Waals surface area contributed by atoms with Crippen molar-refractivity contribution in [2.45, 2.75) is 4.90 Å². The van der Waals surface area contributed by atoms with Crippen LogP contribution < -0.4 is 10.0 Å². The maximum atomic E-state index is 12.8. The molecule has 1 amide bonds. The summed E-state index contributed by atoms with van der Waals surface area (Å²) in [6, 6.07) is 11.7. The molecule has 2 aromatic rings. The fourth-order valence-electron chi connectivity index (χ4n) is 2.29. The van der Waals surface area contributed by atoms with E-state index < -0.39 is 15.8 Å². The predicted octanol–water partition coefficient (Wildman–Crippen LogP) is 1.29. The number of nitrogens with one attached hydrogen (secondary N) is 2. The highest BCUT2D eigenvalue weighted by atomic mass is 32.2. The number of amidine groups is 1. The number of benzene rings is 2. The molecular formula is C16H14FN3O3S. The predicted molar refractivity (Wildman–Crippen MR) is 86.9 cm³/mol. The average Bonchev–Trinajstić information content (AvgIpc) is 2.83. The van der Waals surface area contributed by atoms with E-state index in [1.54, 1.807) is 18.2 Å². The summed E-state index contributed by atoms with van der Waals surface area (Å²) in [5, 5.41) is 2.64. The summed E-state index contributed by atoms with van der Waals surface area (Å²) in [5.74, 6) is -0.491. The van der Waals surface area contributed by atoms with Crippen molar-refractivity contribution in [1.82, 2.24) is 10.0 Å². The number of sulfonamides is 1. The van der Waals surface area contributed by atoms with Crippen molar-refractivity contribution in [1.29, 1.82) is 0 Å². The maximum Gasteiger partial charge on any atom is 0.263 e. The van der Waals surface area contributed by atoms with Crippen LogP contribution in [0.25, 0.3) is 0 Å². The van der Waals surface area contributed by atoms with Gasteiger partial charge in [0.15, 0.2) is 0 Å². The summed E-state index contributed by atoms with van der Waals surface area (Å²) in [6.07, 6.45) is 0. The minimum absolute atomic E-state index is 0.194. The van der Waals surface area contributed by atoms with Crippen LogP contribution in [-0.4, -0.2) is 33.3 Å². The number of hydrogen-bond acceptors (Lipinski definition) is 4. The smallest absolute Gasteiger partial charge is 0.263 e. The lowest BCUT2D eigenvalue weighted by atomic mass is 10.2. The van der Waals surface area contributed by atoms with E-state index in [1.807, 2.05) is 0 Å². The van der Waals surface area contributed by atoms with Crippen LogP contribution in [0.4, 0.5) is 4.39 Å². The molecule has 1 aliphatic heterocycles. The molecule has 6 nitrogen and oxygen atoms in total. The third-order valence-electron chi connectivity index (χ3n) is 3.44. The van der Waals surface area contributed by atoms with Crippen molar-refractivity contribution < 1.29 is 17.6 Å². The third-order valence-corrected chi connectivity index (χ3v) is 4.83. The standard InChI is InChI=1S/C16H14FN3O3S/c17-12-7-5-11(6-8-12)16(21)19-10-9-18-15-13-3-1-2-4-14(13)24(22,23)20-15/h1-8H,9-10H2,(H,18,20)(H,19,21). The second-order valence-electron chi connectivity index (χ2n) is 5.09. The van der Waals surface area contributed by atoms with Gasteiger partial charge in [0.05, 0.1) is 11.4 Å². The molecule has 3 rings (SSSR count). The summed E-state index contributed by atoms with van der Waals surface area (Å²) in [7, 11) is -3.56. The molecule has 0 unspecified atom stereocenters. The Morgan fingerprint density at radius 1 is 1.12 bits per heavy atom. The Kier molecular flexibility index (Phi) is 4.30. The number of carbonyl (C=O) groups is 1. The van der Waals surface area contributed by atoms with Crippen molar-refractivity contribution in [2.24, 2.45) is 4.99 Å². The van der Waals surface area contributed by atoms with Gasteiger partial charge in [0.1, 0.15) is 11.7 Å². The maximum absolute atomic E-state index is 12.8. The van der Waals surface area contributed by atoms with Gasteiger partial charge >= 0.3 is 0 Å². The Labute approximate surface area is 138 Å². The van der Waals surface area contributed by atoms with Gasteiger partial charge in [-0.25, -0.2) is 12.8 Å². The molecule has 2 aromatic carbocycles. The van der Waals surface area contributed by atoms with Crippen LogP contribution in [0.2, 0.25) is 0 Å². The van der Waals surface area contributed by atoms with Crippen LogP contribution in [0.1, 0.15) is 15.9 Å². The fraction of sp³-hybridized carbons (Fsp3) is 0.125. The van der Waals surface area contributed by atoms with Crippen LogP contribution in [0, 0.1) is 5.82 Å².